The van der Waals surface area contributed by atoms with Gasteiger partial charge in [-0.3, -0.25) is 4.90 Å². The number of ether oxygens (including phenoxy) is 3. The van der Waals surface area contributed by atoms with Crippen LogP contribution in [0.4, 0.5) is 0 Å². The van der Waals surface area contributed by atoms with Crippen LogP contribution >= 0.6 is 0 Å². The fraction of sp³-hybridized carbons (Fsp3) is 0.550. The molecule has 0 saturated heterocycles. The topological polar surface area (TPSA) is 48.8 Å². The van der Waals surface area contributed by atoms with E-state index in [2.05, 4.69) is 47.5 Å². The number of aryl methyl sites for hydroxylation is 1. The number of hydrogen-bond donors (Lipinski definition) is 0. The fourth-order valence-corrected chi connectivity index (χ4v) is 3.80. The highest BCUT2D eigenvalue weighted by atomic mass is 16.7. The Morgan fingerprint density at radius 3 is 2.96 bits per heavy atom. The minimum atomic E-state index is 0.315. The molecule has 1 aromatic carbocycles. The summed E-state index contributed by atoms with van der Waals surface area (Å²) in [6.07, 6.45) is 1.92. The first kappa shape index (κ1) is 17.4. The Morgan fingerprint density at radius 1 is 1.27 bits per heavy atom. The summed E-state index contributed by atoms with van der Waals surface area (Å²) in [5.41, 5.74) is 3.71. The van der Waals surface area contributed by atoms with Crippen molar-refractivity contribution in [2.45, 2.75) is 32.9 Å². The van der Waals surface area contributed by atoms with Crippen molar-refractivity contribution in [1.82, 2.24) is 14.5 Å². The van der Waals surface area contributed by atoms with Crippen LogP contribution in [0.3, 0.4) is 0 Å². The van der Waals surface area contributed by atoms with Crippen LogP contribution in [0, 0.1) is 5.92 Å². The average Bonchev–Trinajstić information content (AvgIpc) is 3.21. The van der Waals surface area contributed by atoms with Crippen LogP contribution in [0.1, 0.15) is 36.7 Å². The quantitative estimate of drug-likeness (QED) is 0.796. The van der Waals surface area contributed by atoms with Gasteiger partial charge >= 0.3 is 0 Å². The summed E-state index contributed by atoms with van der Waals surface area (Å²) < 4.78 is 19.0. The van der Waals surface area contributed by atoms with E-state index in [1.54, 1.807) is 0 Å². The predicted molar refractivity (Wildman–Crippen MR) is 98.3 cm³/mol. The van der Waals surface area contributed by atoms with Gasteiger partial charge in [0, 0.05) is 44.9 Å². The van der Waals surface area contributed by atoms with Crippen LogP contribution in [-0.2, 0) is 24.9 Å². The molecule has 0 fully saturated rings. The Balaban J connectivity index is 1.47. The van der Waals surface area contributed by atoms with E-state index in [4.69, 9.17) is 14.2 Å². The lowest BCUT2D eigenvalue weighted by atomic mass is 9.98. The predicted octanol–water partition coefficient (Wildman–Crippen LogP) is 2.92. The standard InChI is InChI=1S/C20H27N3O3/c1-14(2)10-24-11-16-8-23(9-17-20(16)22(3)12-21-17)7-15-4-5-18-19(6-15)26-13-25-18/h4-6,12,14,16H,7-11,13H2,1-3H3. The molecule has 26 heavy (non-hydrogen) atoms. The molecule has 1 unspecified atom stereocenters. The second kappa shape index (κ2) is 7.29. The minimum absolute atomic E-state index is 0.315. The first-order chi connectivity index (χ1) is 12.6. The zero-order chi connectivity index (χ0) is 18.1. The second-order valence-corrected chi connectivity index (χ2v) is 7.67. The van der Waals surface area contributed by atoms with E-state index in [0.29, 0.717) is 18.6 Å². The highest BCUT2D eigenvalue weighted by Gasteiger charge is 2.29. The van der Waals surface area contributed by atoms with Gasteiger partial charge < -0.3 is 18.8 Å². The Labute approximate surface area is 154 Å². The van der Waals surface area contributed by atoms with Gasteiger partial charge in [0.2, 0.25) is 6.79 Å². The number of aromatic nitrogens is 2. The largest absolute Gasteiger partial charge is 0.454 e. The molecule has 0 amide bonds. The minimum Gasteiger partial charge on any atom is -0.454 e. The van der Waals surface area contributed by atoms with E-state index in [1.807, 2.05) is 12.4 Å². The second-order valence-electron chi connectivity index (χ2n) is 7.67. The highest BCUT2D eigenvalue weighted by Crippen LogP contribution is 2.34. The van der Waals surface area contributed by atoms with Gasteiger partial charge in [-0.25, -0.2) is 4.98 Å². The van der Waals surface area contributed by atoms with Crippen molar-refractivity contribution < 1.29 is 14.2 Å². The summed E-state index contributed by atoms with van der Waals surface area (Å²) in [6, 6.07) is 6.20. The maximum absolute atomic E-state index is 5.97. The summed E-state index contributed by atoms with van der Waals surface area (Å²) in [5, 5.41) is 0. The molecule has 1 atom stereocenters. The van der Waals surface area contributed by atoms with Gasteiger partial charge in [-0.1, -0.05) is 19.9 Å². The van der Waals surface area contributed by atoms with Crippen LogP contribution in [0.2, 0.25) is 0 Å². The third kappa shape index (κ3) is 3.57. The summed E-state index contributed by atoms with van der Waals surface area (Å²) in [5.74, 6) is 2.57. The zero-order valence-corrected chi connectivity index (χ0v) is 15.8. The number of hydrogen-bond acceptors (Lipinski definition) is 5. The third-order valence-corrected chi connectivity index (χ3v) is 4.91. The molecule has 4 rings (SSSR count). The Bertz CT molecular complexity index is 772. The van der Waals surface area contributed by atoms with Crippen molar-refractivity contribution in [3.8, 4) is 11.5 Å². The molecule has 1 aromatic heterocycles. The van der Waals surface area contributed by atoms with Gasteiger partial charge in [-0.15, -0.1) is 0 Å². The van der Waals surface area contributed by atoms with Crippen LogP contribution in [-0.4, -0.2) is 41.0 Å². The SMILES string of the molecule is CC(C)COCC1CN(Cc2ccc3c(c2)OCO3)Cc2ncn(C)c21. The van der Waals surface area contributed by atoms with Gasteiger partial charge in [-0.2, -0.15) is 0 Å². The maximum Gasteiger partial charge on any atom is 0.231 e. The van der Waals surface area contributed by atoms with Crippen molar-refractivity contribution in [3.63, 3.8) is 0 Å². The van der Waals surface area contributed by atoms with Crippen LogP contribution < -0.4 is 9.47 Å². The van der Waals surface area contributed by atoms with E-state index in [9.17, 15) is 0 Å². The molecule has 6 heteroatoms. The molecule has 2 aliphatic rings. The Hall–Kier alpha value is -2.05. The van der Waals surface area contributed by atoms with E-state index in [1.165, 1.54) is 11.3 Å². The lowest BCUT2D eigenvalue weighted by Crippen LogP contribution is -2.36. The van der Waals surface area contributed by atoms with E-state index in [-0.39, 0.29) is 0 Å². The van der Waals surface area contributed by atoms with Crippen molar-refractivity contribution in [3.05, 3.63) is 41.5 Å². The van der Waals surface area contributed by atoms with Gasteiger partial charge in [0.1, 0.15) is 0 Å². The van der Waals surface area contributed by atoms with Gasteiger partial charge in [0.05, 0.1) is 18.6 Å². The van der Waals surface area contributed by atoms with Crippen LogP contribution in [0.15, 0.2) is 24.5 Å². The van der Waals surface area contributed by atoms with Crippen LogP contribution in [0.25, 0.3) is 0 Å². The summed E-state index contributed by atoms with van der Waals surface area (Å²) in [4.78, 5) is 7.06. The monoisotopic (exact) mass is 357 g/mol. The Kier molecular flexibility index (Phi) is 4.87. The Morgan fingerprint density at radius 2 is 2.12 bits per heavy atom. The summed E-state index contributed by atoms with van der Waals surface area (Å²) in [6.45, 7) is 8.92. The lowest BCUT2D eigenvalue weighted by molar-refractivity contribution is 0.0768. The third-order valence-electron chi connectivity index (χ3n) is 4.91. The molecule has 0 radical (unpaired) electrons. The first-order valence-electron chi connectivity index (χ1n) is 9.29. The lowest BCUT2D eigenvalue weighted by Gasteiger charge is -2.33. The zero-order valence-electron chi connectivity index (χ0n) is 15.8. The smallest absolute Gasteiger partial charge is 0.231 e. The summed E-state index contributed by atoms with van der Waals surface area (Å²) in [7, 11) is 2.08. The average molecular weight is 357 g/mol. The molecule has 0 N–H and O–H groups in total. The molecule has 0 bridgehead atoms. The molecular weight excluding hydrogens is 330 g/mol. The molecule has 2 aromatic rings. The fourth-order valence-electron chi connectivity index (χ4n) is 3.80. The van der Waals surface area contributed by atoms with Gasteiger partial charge in [0.15, 0.2) is 11.5 Å². The maximum atomic E-state index is 5.97. The molecule has 140 valence electrons. The molecule has 3 heterocycles. The number of fused-ring (bicyclic) bond motifs is 2. The van der Waals surface area contributed by atoms with E-state index in [0.717, 1.165) is 50.0 Å². The molecule has 0 spiro atoms. The molecule has 0 saturated carbocycles. The van der Waals surface area contributed by atoms with Crippen molar-refractivity contribution in [2.24, 2.45) is 13.0 Å². The van der Waals surface area contributed by atoms with E-state index < -0.39 is 0 Å². The molecule has 6 nitrogen and oxygen atoms in total. The number of imidazole rings is 1. The van der Waals surface area contributed by atoms with Crippen molar-refractivity contribution >= 4 is 0 Å². The molecule has 0 aliphatic carbocycles. The van der Waals surface area contributed by atoms with E-state index >= 15 is 0 Å². The van der Waals surface area contributed by atoms with Crippen LogP contribution in [0.5, 0.6) is 11.5 Å². The number of rotatable bonds is 6. The normalized spacial score (nSPS) is 19.2. The highest BCUT2D eigenvalue weighted by molar-refractivity contribution is 5.44. The van der Waals surface area contributed by atoms with Gasteiger partial charge in [0.25, 0.3) is 0 Å². The summed E-state index contributed by atoms with van der Waals surface area (Å²) >= 11 is 0. The number of benzene rings is 1. The van der Waals surface area contributed by atoms with Crippen molar-refractivity contribution in [2.75, 3.05) is 26.6 Å². The van der Waals surface area contributed by atoms with Crippen molar-refractivity contribution in [1.29, 1.82) is 0 Å². The molecular formula is C20H27N3O3. The first-order valence-corrected chi connectivity index (χ1v) is 9.29. The molecule has 2 aliphatic heterocycles. The number of nitrogens with zero attached hydrogens (tertiary/aromatic N) is 3. The van der Waals surface area contributed by atoms with Gasteiger partial charge in [-0.05, 0) is 23.6 Å².